The molecule has 2 atom stereocenters. The van der Waals surface area contributed by atoms with Crippen LogP contribution in [0.25, 0.3) is 22.4 Å². The predicted molar refractivity (Wildman–Crippen MR) is 175 cm³/mol. The number of anilines is 1. The molecule has 0 aliphatic rings. The molecule has 3 aromatic carbocycles. The molecule has 0 aliphatic heterocycles. The number of benzene rings is 3. The van der Waals surface area contributed by atoms with Crippen molar-refractivity contribution in [2.75, 3.05) is 11.9 Å². The first-order valence-corrected chi connectivity index (χ1v) is 15.5. The van der Waals surface area contributed by atoms with Gasteiger partial charge in [0.2, 0.25) is 0 Å². The molecule has 0 aliphatic carbocycles. The zero-order chi connectivity index (χ0) is 32.5. The van der Waals surface area contributed by atoms with Gasteiger partial charge in [-0.1, -0.05) is 76.2 Å². The van der Waals surface area contributed by atoms with Crippen LogP contribution >= 0.6 is 0 Å². The Morgan fingerprint density at radius 2 is 1.47 bits per heavy atom. The molecule has 0 saturated heterocycles. The SMILES string of the molecule is CC(C)COC(=O)C[C@H](O)C[C@H](O)CCn1c(-c2ccc(F)cc2)c(-c2ccccc2)c(C(=O)Nc2ccccc2)c1C(C)C. The highest BCUT2D eigenvalue weighted by atomic mass is 19.1. The number of ether oxygens (including phenoxy) is 1. The number of aliphatic hydroxyl groups is 2. The van der Waals surface area contributed by atoms with Crippen molar-refractivity contribution >= 4 is 17.6 Å². The van der Waals surface area contributed by atoms with Crippen LogP contribution in [0.15, 0.2) is 84.9 Å². The number of aromatic nitrogens is 1. The summed E-state index contributed by atoms with van der Waals surface area (Å²) in [7, 11) is 0. The molecule has 0 bridgehead atoms. The van der Waals surface area contributed by atoms with Gasteiger partial charge in [-0.25, -0.2) is 4.39 Å². The number of nitrogens with zero attached hydrogens (tertiary/aromatic N) is 1. The number of aliphatic hydroxyl groups excluding tert-OH is 2. The number of para-hydroxylation sites is 1. The fourth-order valence-electron chi connectivity index (χ4n) is 5.51. The van der Waals surface area contributed by atoms with Crippen molar-refractivity contribution < 1.29 is 28.9 Å². The van der Waals surface area contributed by atoms with Crippen LogP contribution < -0.4 is 5.32 Å². The fourth-order valence-corrected chi connectivity index (χ4v) is 5.51. The number of rotatable bonds is 14. The van der Waals surface area contributed by atoms with Gasteiger partial charge >= 0.3 is 5.97 Å². The van der Waals surface area contributed by atoms with Gasteiger partial charge in [-0.05, 0) is 72.2 Å². The molecule has 4 rings (SSSR count). The summed E-state index contributed by atoms with van der Waals surface area (Å²) >= 11 is 0. The normalized spacial score (nSPS) is 12.7. The Kier molecular flexibility index (Phi) is 11.7. The number of amides is 1. The van der Waals surface area contributed by atoms with E-state index in [1.807, 2.05) is 92.9 Å². The minimum atomic E-state index is -1.06. The molecule has 1 heterocycles. The van der Waals surface area contributed by atoms with E-state index >= 15 is 0 Å². The van der Waals surface area contributed by atoms with E-state index in [0.29, 0.717) is 23.4 Å². The highest BCUT2D eigenvalue weighted by Gasteiger charge is 2.31. The van der Waals surface area contributed by atoms with E-state index in [0.717, 1.165) is 22.5 Å². The second-order valence-electron chi connectivity index (χ2n) is 12.1. The van der Waals surface area contributed by atoms with Gasteiger partial charge < -0.3 is 24.8 Å². The number of esters is 1. The van der Waals surface area contributed by atoms with Crippen molar-refractivity contribution in [3.63, 3.8) is 0 Å². The van der Waals surface area contributed by atoms with Crippen LogP contribution in [0, 0.1) is 11.7 Å². The van der Waals surface area contributed by atoms with E-state index in [1.54, 1.807) is 12.1 Å². The summed E-state index contributed by atoms with van der Waals surface area (Å²) in [6.07, 6.45) is -1.95. The van der Waals surface area contributed by atoms with E-state index in [9.17, 15) is 24.2 Å². The Labute approximate surface area is 264 Å². The quantitative estimate of drug-likeness (QED) is 0.128. The van der Waals surface area contributed by atoms with Gasteiger partial charge in [0.05, 0.1) is 36.5 Å². The molecular weight excluding hydrogens is 571 g/mol. The van der Waals surface area contributed by atoms with Crippen LogP contribution in [0.2, 0.25) is 0 Å². The van der Waals surface area contributed by atoms with Gasteiger partial charge in [0.15, 0.2) is 0 Å². The maximum Gasteiger partial charge on any atom is 0.308 e. The summed E-state index contributed by atoms with van der Waals surface area (Å²) in [5.41, 5.74) is 4.91. The van der Waals surface area contributed by atoms with Crippen molar-refractivity contribution in [3.8, 4) is 22.4 Å². The molecule has 1 aromatic heterocycles. The fraction of sp³-hybridized carbons (Fsp3) is 0.351. The standard InChI is InChI=1S/C37H43FN2O5/c1-24(2)23-45-32(43)22-31(42)21-30(41)19-20-40-35(25(3)4)34(37(44)39-29-13-9-6-10-14-29)33(26-11-7-5-8-12-26)36(40)27-15-17-28(38)18-16-27/h5-18,24-25,30-31,41-42H,19-23H2,1-4H3,(H,39,44)/t30-,31-/m1/s1. The molecule has 0 unspecified atom stereocenters. The lowest BCUT2D eigenvalue weighted by Gasteiger charge is -2.20. The topological polar surface area (TPSA) is 101 Å². The zero-order valence-corrected chi connectivity index (χ0v) is 26.4. The Bertz CT molecular complexity index is 1550. The largest absolute Gasteiger partial charge is 0.465 e. The summed E-state index contributed by atoms with van der Waals surface area (Å²) in [5, 5.41) is 24.5. The molecule has 45 heavy (non-hydrogen) atoms. The average molecular weight is 615 g/mol. The first-order chi connectivity index (χ1) is 21.5. The van der Waals surface area contributed by atoms with Gasteiger partial charge in [-0.2, -0.15) is 0 Å². The smallest absolute Gasteiger partial charge is 0.308 e. The summed E-state index contributed by atoms with van der Waals surface area (Å²) in [4.78, 5) is 26.3. The third-order valence-corrected chi connectivity index (χ3v) is 7.50. The van der Waals surface area contributed by atoms with Crippen LogP contribution in [0.1, 0.15) is 68.9 Å². The molecule has 1 amide bonds. The Hall–Kier alpha value is -4.27. The van der Waals surface area contributed by atoms with Crippen molar-refractivity contribution in [3.05, 3.63) is 102 Å². The van der Waals surface area contributed by atoms with Crippen LogP contribution in [0.3, 0.4) is 0 Å². The van der Waals surface area contributed by atoms with E-state index < -0.39 is 18.2 Å². The lowest BCUT2D eigenvalue weighted by Crippen LogP contribution is -2.24. The Morgan fingerprint density at radius 1 is 0.844 bits per heavy atom. The van der Waals surface area contributed by atoms with Crippen LogP contribution in [-0.4, -0.2) is 45.5 Å². The Balaban J connectivity index is 1.76. The van der Waals surface area contributed by atoms with Crippen molar-refractivity contribution in [1.29, 1.82) is 0 Å². The molecule has 0 radical (unpaired) electrons. The van der Waals surface area contributed by atoms with Gasteiger partial charge in [-0.3, -0.25) is 9.59 Å². The maximum atomic E-state index is 14.2. The van der Waals surface area contributed by atoms with E-state index in [2.05, 4.69) is 5.32 Å². The van der Waals surface area contributed by atoms with Crippen molar-refractivity contribution in [2.24, 2.45) is 5.92 Å². The van der Waals surface area contributed by atoms with E-state index in [1.165, 1.54) is 12.1 Å². The minimum Gasteiger partial charge on any atom is -0.465 e. The van der Waals surface area contributed by atoms with Crippen LogP contribution in [0.5, 0.6) is 0 Å². The predicted octanol–water partition coefficient (Wildman–Crippen LogP) is 7.43. The number of hydrogen-bond acceptors (Lipinski definition) is 5. The molecule has 238 valence electrons. The first kappa shape index (κ1) is 33.6. The van der Waals surface area contributed by atoms with Gasteiger partial charge in [0.25, 0.3) is 5.91 Å². The van der Waals surface area contributed by atoms with E-state index in [4.69, 9.17) is 4.74 Å². The molecule has 4 aromatic rings. The number of carbonyl (C=O) groups is 2. The van der Waals surface area contributed by atoms with Crippen molar-refractivity contribution in [1.82, 2.24) is 4.57 Å². The summed E-state index contributed by atoms with van der Waals surface area (Å²) in [6.45, 7) is 8.47. The molecule has 7 nitrogen and oxygen atoms in total. The van der Waals surface area contributed by atoms with E-state index in [-0.39, 0.29) is 49.4 Å². The second-order valence-corrected chi connectivity index (χ2v) is 12.1. The first-order valence-electron chi connectivity index (χ1n) is 15.5. The zero-order valence-electron chi connectivity index (χ0n) is 26.4. The van der Waals surface area contributed by atoms with Gasteiger partial charge in [-0.15, -0.1) is 0 Å². The highest BCUT2D eigenvalue weighted by Crippen LogP contribution is 2.42. The maximum absolute atomic E-state index is 14.2. The van der Waals surface area contributed by atoms with Gasteiger partial charge in [0, 0.05) is 23.5 Å². The number of hydrogen-bond donors (Lipinski definition) is 3. The molecule has 3 N–H and O–H groups in total. The molecule has 8 heteroatoms. The molecular formula is C37H43FN2O5. The highest BCUT2D eigenvalue weighted by molar-refractivity contribution is 6.12. The second kappa shape index (κ2) is 15.6. The average Bonchev–Trinajstić information content (AvgIpc) is 3.36. The number of carbonyl (C=O) groups excluding carboxylic acids is 2. The Morgan fingerprint density at radius 3 is 2.07 bits per heavy atom. The van der Waals surface area contributed by atoms with Crippen LogP contribution in [0.4, 0.5) is 10.1 Å². The number of nitrogens with one attached hydrogen (secondary N) is 1. The van der Waals surface area contributed by atoms with Gasteiger partial charge in [0.1, 0.15) is 5.82 Å². The summed E-state index contributed by atoms with van der Waals surface area (Å²) in [6, 6.07) is 25.0. The van der Waals surface area contributed by atoms with Crippen LogP contribution in [-0.2, 0) is 16.1 Å². The lowest BCUT2D eigenvalue weighted by molar-refractivity contribution is -0.147. The lowest BCUT2D eigenvalue weighted by atomic mass is 9.94. The third-order valence-electron chi connectivity index (χ3n) is 7.50. The minimum absolute atomic E-state index is 0.00612. The third kappa shape index (κ3) is 8.90. The van der Waals surface area contributed by atoms with Crippen molar-refractivity contribution in [2.45, 2.75) is 71.6 Å². The molecule has 0 fully saturated rings. The molecule has 0 saturated carbocycles. The summed E-state index contributed by atoms with van der Waals surface area (Å²) < 4.78 is 21.3. The number of halogens is 1. The molecule has 0 spiro atoms. The monoisotopic (exact) mass is 614 g/mol. The summed E-state index contributed by atoms with van der Waals surface area (Å²) in [5.74, 6) is -1.07.